The van der Waals surface area contributed by atoms with E-state index in [1.807, 2.05) is 0 Å². The van der Waals surface area contributed by atoms with Gasteiger partial charge in [-0.3, -0.25) is 0 Å². The van der Waals surface area contributed by atoms with Gasteiger partial charge in [0.2, 0.25) is 0 Å². The molecule has 1 aromatic carbocycles. The highest BCUT2D eigenvalue weighted by Crippen LogP contribution is 2.27. The van der Waals surface area contributed by atoms with Crippen molar-refractivity contribution in [1.29, 1.82) is 0 Å². The average Bonchev–Trinajstić information content (AvgIpc) is 2.39. The molecule has 2 rings (SSSR count). The Bertz CT molecular complexity index is 301. The van der Waals surface area contributed by atoms with Crippen molar-refractivity contribution >= 4 is 0 Å². The van der Waals surface area contributed by atoms with Crippen molar-refractivity contribution in [3.63, 3.8) is 0 Å². The number of nitrogens with two attached hydrogens (primary N) is 1. The summed E-state index contributed by atoms with van der Waals surface area (Å²) in [7, 11) is 0. The van der Waals surface area contributed by atoms with Crippen molar-refractivity contribution in [3.05, 3.63) is 35.9 Å². The minimum atomic E-state index is 0.401. The lowest BCUT2D eigenvalue weighted by Crippen LogP contribution is -2.25. The summed E-state index contributed by atoms with van der Waals surface area (Å²) >= 11 is 0. The fourth-order valence-corrected chi connectivity index (χ4v) is 2.97. The number of benzene rings is 1. The highest BCUT2D eigenvalue weighted by atomic mass is 14.6. The summed E-state index contributed by atoms with van der Waals surface area (Å²) in [6.45, 7) is 0. The number of hydrogen-bond acceptors (Lipinski definition) is 1. The first-order valence-corrected chi connectivity index (χ1v) is 7.14. The molecule has 94 valence electrons. The first kappa shape index (κ1) is 12.6. The van der Waals surface area contributed by atoms with Crippen LogP contribution in [0.1, 0.15) is 50.5 Å². The van der Waals surface area contributed by atoms with Crippen LogP contribution in [0.3, 0.4) is 0 Å². The molecule has 1 aliphatic rings. The van der Waals surface area contributed by atoms with Crippen LogP contribution in [0.25, 0.3) is 0 Å². The molecule has 1 fully saturated rings. The summed E-state index contributed by atoms with van der Waals surface area (Å²) in [6.07, 6.45) is 10.6. The number of aryl methyl sites for hydroxylation is 1. The highest BCUT2D eigenvalue weighted by Gasteiger charge is 2.16. The van der Waals surface area contributed by atoms with Crippen molar-refractivity contribution in [3.8, 4) is 0 Å². The summed E-state index contributed by atoms with van der Waals surface area (Å²) in [5.74, 6) is 0.912. The Hall–Kier alpha value is -0.820. The van der Waals surface area contributed by atoms with E-state index in [2.05, 4.69) is 30.3 Å². The molecule has 0 aliphatic heterocycles. The van der Waals surface area contributed by atoms with Crippen molar-refractivity contribution in [2.75, 3.05) is 0 Å². The largest absolute Gasteiger partial charge is 0.328 e. The third-order valence-corrected chi connectivity index (χ3v) is 4.01. The van der Waals surface area contributed by atoms with Gasteiger partial charge in [0.15, 0.2) is 0 Å². The molecular formula is C16H25N. The van der Waals surface area contributed by atoms with Crippen molar-refractivity contribution in [2.45, 2.75) is 57.4 Å². The van der Waals surface area contributed by atoms with Gasteiger partial charge in [-0.1, -0.05) is 62.4 Å². The summed E-state index contributed by atoms with van der Waals surface area (Å²) in [5.41, 5.74) is 7.68. The van der Waals surface area contributed by atoms with E-state index in [1.165, 1.54) is 44.1 Å². The Labute approximate surface area is 105 Å². The molecule has 0 aromatic heterocycles. The van der Waals surface area contributed by atoms with Gasteiger partial charge >= 0.3 is 0 Å². The van der Waals surface area contributed by atoms with Gasteiger partial charge in [0, 0.05) is 6.04 Å². The lowest BCUT2D eigenvalue weighted by Gasteiger charge is -2.24. The summed E-state index contributed by atoms with van der Waals surface area (Å²) in [5, 5.41) is 0. The van der Waals surface area contributed by atoms with E-state index in [1.54, 1.807) is 0 Å². The molecule has 0 bridgehead atoms. The predicted octanol–water partition coefficient (Wildman–Crippen LogP) is 3.92. The van der Waals surface area contributed by atoms with Gasteiger partial charge in [-0.2, -0.15) is 0 Å². The van der Waals surface area contributed by atoms with Gasteiger partial charge in [0.05, 0.1) is 0 Å². The molecule has 1 heteroatoms. The topological polar surface area (TPSA) is 26.0 Å². The molecule has 0 radical (unpaired) electrons. The average molecular weight is 231 g/mol. The lowest BCUT2D eigenvalue weighted by atomic mass is 9.84. The quantitative estimate of drug-likeness (QED) is 0.816. The first-order valence-electron chi connectivity index (χ1n) is 7.14. The third-order valence-electron chi connectivity index (χ3n) is 4.01. The molecule has 0 amide bonds. The van der Waals surface area contributed by atoms with Gasteiger partial charge in [-0.15, -0.1) is 0 Å². The minimum absolute atomic E-state index is 0.401. The molecule has 1 atom stereocenters. The van der Waals surface area contributed by atoms with E-state index >= 15 is 0 Å². The Balaban J connectivity index is 1.68. The molecule has 1 nitrogen and oxygen atoms in total. The van der Waals surface area contributed by atoms with Crippen LogP contribution in [0, 0.1) is 5.92 Å². The summed E-state index contributed by atoms with van der Waals surface area (Å²) in [4.78, 5) is 0. The lowest BCUT2D eigenvalue weighted by molar-refractivity contribution is 0.312. The van der Waals surface area contributed by atoms with Crippen LogP contribution in [0.4, 0.5) is 0 Å². The van der Waals surface area contributed by atoms with Crippen LogP contribution in [0.15, 0.2) is 30.3 Å². The molecular weight excluding hydrogens is 206 g/mol. The van der Waals surface area contributed by atoms with Crippen molar-refractivity contribution in [1.82, 2.24) is 0 Å². The summed E-state index contributed by atoms with van der Waals surface area (Å²) in [6, 6.07) is 11.1. The van der Waals surface area contributed by atoms with E-state index in [0.717, 1.165) is 18.8 Å². The second-order valence-electron chi connectivity index (χ2n) is 5.52. The maximum Gasteiger partial charge on any atom is 0.00446 e. The predicted molar refractivity (Wildman–Crippen MR) is 73.9 cm³/mol. The standard InChI is InChI=1S/C16H25N/c17-16(13-15-9-5-2-6-10-15)12-11-14-7-3-1-4-8-14/h1,3-4,7-8,15-16H,2,5-6,9-13,17H2. The second-order valence-corrected chi connectivity index (χ2v) is 5.52. The molecule has 1 saturated carbocycles. The summed E-state index contributed by atoms with van der Waals surface area (Å²) < 4.78 is 0. The zero-order chi connectivity index (χ0) is 11.9. The van der Waals surface area contributed by atoms with Crippen LogP contribution in [-0.2, 0) is 6.42 Å². The number of hydrogen-bond donors (Lipinski definition) is 1. The molecule has 0 heterocycles. The molecule has 1 unspecified atom stereocenters. The number of rotatable bonds is 5. The first-order chi connectivity index (χ1) is 8.34. The highest BCUT2D eigenvalue weighted by molar-refractivity contribution is 5.14. The van der Waals surface area contributed by atoms with Gasteiger partial charge < -0.3 is 5.73 Å². The zero-order valence-electron chi connectivity index (χ0n) is 10.8. The molecule has 1 aromatic rings. The van der Waals surface area contributed by atoms with E-state index in [9.17, 15) is 0 Å². The molecule has 2 N–H and O–H groups in total. The maximum absolute atomic E-state index is 6.25. The minimum Gasteiger partial charge on any atom is -0.328 e. The molecule has 17 heavy (non-hydrogen) atoms. The van der Waals surface area contributed by atoms with Crippen LogP contribution in [0.2, 0.25) is 0 Å². The van der Waals surface area contributed by atoms with E-state index in [-0.39, 0.29) is 0 Å². The maximum atomic E-state index is 6.25. The Morgan fingerprint density at radius 1 is 1.06 bits per heavy atom. The van der Waals surface area contributed by atoms with Gasteiger partial charge in [0.1, 0.15) is 0 Å². The smallest absolute Gasteiger partial charge is 0.00446 e. The van der Waals surface area contributed by atoms with Crippen LogP contribution in [-0.4, -0.2) is 6.04 Å². The third kappa shape index (κ3) is 4.51. The van der Waals surface area contributed by atoms with Gasteiger partial charge in [-0.05, 0) is 30.7 Å². The molecule has 0 saturated heterocycles. The van der Waals surface area contributed by atoms with E-state index in [0.29, 0.717) is 6.04 Å². The monoisotopic (exact) mass is 231 g/mol. The second kappa shape index (κ2) is 6.80. The zero-order valence-corrected chi connectivity index (χ0v) is 10.8. The van der Waals surface area contributed by atoms with E-state index in [4.69, 9.17) is 5.73 Å². The molecule has 0 spiro atoms. The Kier molecular flexibility index (Phi) is 5.06. The fourth-order valence-electron chi connectivity index (χ4n) is 2.97. The SMILES string of the molecule is NC(CCc1ccccc1)CC1CCCCC1. The van der Waals surface area contributed by atoms with Crippen LogP contribution < -0.4 is 5.73 Å². The Morgan fingerprint density at radius 2 is 1.76 bits per heavy atom. The van der Waals surface area contributed by atoms with Crippen molar-refractivity contribution < 1.29 is 0 Å². The van der Waals surface area contributed by atoms with Gasteiger partial charge in [-0.25, -0.2) is 0 Å². The molecule has 1 aliphatic carbocycles. The van der Waals surface area contributed by atoms with Crippen LogP contribution in [0.5, 0.6) is 0 Å². The fraction of sp³-hybridized carbons (Fsp3) is 0.625. The normalized spacial score (nSPS) is 19.1. The van der Waals surface area contributed by atoms with Gasteiger partial charge in [0.25, 0.3) is 0 Å². The van der Waals surface area contributed by atoms with Crippen molar-refractivity contribution in [2.24, 2.45) is 11.7 Å². The van der Waals surface area contributed by atoms with Crippen LogP contribution >= 0.6 is 0 Å². The van der Waals surface area contributed by atoms with E-state index < -0.39 is 0 Å². The Morgan fingerprint density at radius 3 is 2.47 bits per heavy atom.